The van der Waals surface area contributed by atoms with E-state index in [4.69, 9.17) is 5.11 Å². The lowest BCUT2D eigenvalue weighted by Gasteiger charge is -2.09. The summed E-state index contributed by atoms with van der Waals surface area (Å²) in [6.07, 6.45) is 0.775. The highest BCUT2D eigenvalue weighted by molar-refractivity contribution is 9.10. The van der Waals surface area contributed by atoms with E-state index in [0.717, 1.165) is 26.9 Å². The van der Waals surface area contributed by atoms with Gasteiger partial charge in [0.15, 0.2) is 5.82 Å². The maximum absolute atomic E-state index is 10.9. The molecule has 3 aromatic heterocycles. The predicted octanol–water partition coefficient (Wildman–Crippen LogP) is 2.10. The number of nitrogens with zero attached hydrogens (tertiary/aromatic N) is 4. The van der Waals surface area contributed by atoms with Crippen LogP contribution in [0.4, 0.5) is 4.79 Å². The van der Waals surface area contributed by atoms with Gasteiger partial charge in [-0.2, -0.15) is 5.10 Å². The Morgan fingerprint density at radius 1 is 1.43 bits per heavy atom. The molecule has 0 bridgehead atoms. The van der Waals surface area contributed by atoms with Crippen LogP contribution in [0.5, 0.6) is 0 Å². The third kappa shape index (κ3) is 1.88. The van der Waals surface area contributed by atoms with Crippen LogP contribution in [-0.2, 0) is 13.1 Å². The molecule has 4 rings (SSSR count). The van der Waals surface area contributed by atoms with Crippen LogP contribution in [0.2, 0.25) is 0 Å². The molecule has 3 aromatic rings. The number of carboxylic acid groups (broad SMARTS) is 1. The minimum Gasteiger partial charge on any atom is -0.465 e. The third-order valence-electron chi connectivity index (χ3n) is 3.46. The summed E-state index contributed by atoms with van der Waals surface area (Å²) in [4.78, 5) is 24.0. The summed E-state index contributed by atoms with van der Waals surface area (Å²) >= 11 is 3.31. The standard InChI is InChI=1S/C12H9BrN6O2/c13-9-1-6-5(2-14-9)10(18-17-6)11-15-7-3-19(12(20)21)4-8(7)16-11/h1-2H,3-4H2,(H,15,16)(H,17,18)(H,20,21). The monoisotopic (exact) mass is 348 g/mol. The largest absolute Gasteiger partial charge is 0.465 e. The smallest absolute Gasteiger partial charge is 0.408 e. The minimum atomic E-state index is -0.942. The normalized spacial score (nSPS) is 13.9. The Morgan fingerprint density at radius 3 is 3.05 bits per heavy atom. The first-order chi connectivity index (χ1) is 10.1. The molecule has 0 atom stereocenters. The van der Waals surface area contributed by atoms with Crippen molar-refractivity contribution in [2.75, 3.05) is 0 Å². The summed E-state index contributed by atoms with van der Waals surface area (Å²) in [7, 11) is 0. The molecule has 0 aliphatic carbocycles. The van der Waals surface area contributed by atoms with Gasteiger partial charge in [-0.1, -0.05) is 0 Å². The van der Waals surface area contributed by atoms with Gasteiger partial charge >= 0.3 is 6.09 Å². The number of nitrogens with one attached hydrogen (secondary N) is 2. The first kappa shape index (κ1) is 12.3. The molecule has 9 heteroatoms. The zero-order valence-corrected chi connectivity index (χ0v) is 12.2. The average Bonchev–Trinajstić information content (AvgIpc) is 3.07. The number of halogens is 1. The summed E-state index contributed by atoms with van der Waals surface area (Å²) in [5.41, 5.74) is 3.10. The highest BCUT2D eigenvalue weighted by Gasteiger charge is 2.27. The Bertz CT molecular complexity index is 846. The van der Waals surface area contributed by atoms with Crippen molar-refractivity contribution in [1.29, 1.82) is 0 Å². The van der Waals surface area contributed by atoms with Gasteiger partial charge in [-0.15, -0.1) is 0 Å². The van der Waals surface area contributed by atoms with E-state index in [1.165, 1.54) is 4.90 Å². The molecule has 1 aliphatic rings. The molecule has 0 unspecified atom stereocenters. The van der Waals surface area contributed by atoms with E-state index >= 15 is 0 Å². The number of hydrogen-bond donors (Lipinski definition) is 3. The molecule has 8 nitrogen and oxygen atoms in total. The van der Waals surface area contributed by atoms with E-state index in [1.54, 1.807) is 6.20 Å². The van der Waals surface area contributed by atoms with Gasteiger partial charge in [0.05, 0.1) is 30.0 Å². The van der Waals surface area contributed by atoms with Crippen molar-refractivity contribution in [2.24, 2.45) is 0 Å². The fourth-order valence-electron chi connectivity index (χ4n) is 2.45. The molecule has 0 fully saturated rings. The van der Waals surface area contributed by atoms with Crippen LogP contribution in [-0.4, -0.2) is 41.2 Å². The van der Waals surface area contributed by atoms with Crippen LogP contribution < -0.4 is 0 Å². The third-order valence-corrected chi connectivity index (χ3v) is 3.90. The molecule has 0 saturated heterocycles. The summed E-state index contributed by atoms with van der Waals surface area (Å²) in [5, 5.41) is 17.0. The Morgan fingerprint density at radius 2 is 2.29 bits per heavy atom. The minimum absolute atomic E-state index is 0.299. The molecule has 4 heterocycles. The van der Waals surface area contributed by atoms with Crippen molar-refractivity contribution in [3.8, 4) is 11.5 Å². The molecule has 1 amide bonds. The second-order valence-corrected chi connectivity index (χ2v) is 5.59. The van der Waals surface area contributed by atoms with Crippen LogP contribution in [0.15, 0.2) is 16.9 Å². The first-order valence-corrected chi connectivity index (χ1v) is 6.97. The summed E-state index contributed by atoms with van der Waals surface area (Å²) in [6.45, 7) is 0.622. The van der Waals surface area contributed by atoms with Gasteiger partial charge in [0.1, 0.15) is 10.3 Å². The Labute approximate surface area is 126 Å². The summed E-state index contributed by atoms with van der Waals surface area (Å²) in [5.74, 6) is 0.625. The van der Waals surface area contributed by atoms with Crippen molar-refractivity contribution >= 4 is 32.9 Å². The highest BCUT2D eigenvalue weighted by Crippen LogP contribution is 2.28. The van der Waals surface area contributed by atoms with Gasteiger partial charge in [0.2, 0.25) is 0 Å². The number of amides is 1. The fraction of sp³-hybridized carbons (Fsp3) is 0.167. The van der Waals surface area contributed by atoms with Crippen molar-refractivity contribution in [1.82, 2.24) is 30.0 Å². The average molecular weight is 349 g/mol. The molecule has 0 saturated carbocycles. The Balaban J connectivity index is 1.75. The number of aromatic amines is 2. The van der Waals surface area contributed by atoms with Gasteiger partial charge in [-0.25, -0.2) is 14.8 Å². The lowest BCUT2D eigenvalue weighted by molar-refractivity contribution is 0.144. The van der Waals surface area contributed by atoms with Crippen molar-refractivity contribution < 1.29 is 9.90 Å². The number of H-pyrrole nitrogens is 2. The van der Waals surface area contributed by atoms with E-state index in [0.29, 0.717) is 24.6 Å². The van der Waals surface area contributed by atoms with Crippen LogP contribution in [0.1, 0.15) is 11.4 Å². The van der Waals surface area contributed by atoms with Gasteiger partial charge in [0.25, 0.3) is 0 Å². The predicted molar refractivity (Wildman–Crippen MR) is 76.4 cm³/mol. The molecule has 0 radical (unpaired) electrons. The zero-order valence-electron chi connectivity index (χ0n) is 10.6. The van der Waals surface area contributed by atoms with E-state index in [1.807, 2.05) is 6.07 Å². The van der Waals surface area contributed by atoms with E-state index < -0.39 is 6.09 Å². The number of carbonyl (C=O) groups is 1. The van der Waals surface area contributed by atoms with Crippen molar-refractivity contribution in [3.05, 3.63) is 28.3 Å². The second-order valence-electron chi connectivity index (χ2n) is 4.77. The van der Waals surface area contributed by atoms with Crippen LogP contribution in [0.25, 0.3) is 22.4 Å². The Kier molecular flexibility index (Phi) is 2.52. The number of rotatable bonds is 1. The van der Waals surface area contributed by atoms with Crippen molar-refractivity contribution in [3.63, 3.8) is 0 Å². The first-order valence-electron chi connectivity index (χ1n) is 6.17. The fourth-order valence-corrected chi connectivity index (χ4v) is 2.78. The maximum Gasteiger partial charge on any atom is 0.408 e. The molecule has 0 spiro atoms. The second kappa shape index (κ2) is 4.29. The van der Waals surface area contributed by atoms with Gasteiger partial charge in [-0.05, 0) is 22.0 Å². The van der Waals surface area contributed by atoms with Crippen LogP contribution in [0.3, 0.4) is 0 Å². The summed E-state index contributed by atoms with van der Waals surface area (Å²) < 4.78 is 0.726. The molecule has 3 N–H and O–H groups in total. The zero-order chi connectivity index (χ0) is 14.6. The van der Waals surface area contributed by atoms with Gasteiger partial charge in [-0.3, -0.25) is 10.00 Å². The van der Waals surface area contributed by atoms with Crippen molar-refractivity contribution in [2.45, 2.75) is 13.1 Å². The number of hydrogen-bond acceptors (Lipinski definition) is 4. The molecule has 0 aromatic carbocycles. The van der Waals surface area contributed by atoms with Crippen LogP contribution >= 0.6 is 15.9 Å². The lowest BCUT2D eigenvalue weighted by atomic mass is 10.2. The highest BCUT2D eigenvalue weighted by atomic mass is 79.9. The molecule has 1 aliphatic heterocycles. The quantitative estimate of drug-likeness (QED) is 0.583. The maximum atomic E-state index is 10.9. The van der Waals surface area contributed by atoms with E-state index in [9.17, 15) is 4.79 Å². The number of aromatic nitrogens is 5. The van der Waals surface area contributed by atoms with E-state index in [-0.39, 0.29) is 0 Å². The topological polar surface area (TPSA) is 111 Å². The summed E-state index contributed by atoms with van der Waals surface area (Å²) in [6, 6.07) is 1.84. The number of imidazole rings is 1. The molecule has 106 valence electrons. The number of fused-ring (bicyclic) bond motifs is 2. The van der Waals surface area contributed by atoms with Crippen LogP contribution in [0, 0.1) is 0 Å². The lowest BCUT2D eigenvalue weighted by Crippen LogP contribution is -2.23. The molecular weight excluding hydrogens is 340 g/mol. The Hall–Kier alpha value is -2.42. The van der Waals surface area contributed by atoms with E-state index in [2.05, 4.69) is 41.1 Å². The SMILES string of the molecule is O=C(O)N1Cc2nc(-c3n[nH]c4cc(Br)ncc34)[nH]c2C1. The molecule has 21 heavy (non-hydrogen) atoms. The molecular formula is C12H9BrN6O2. The van der Waals surface area contributed by atoms with Gasteiger partial charge in [0, 0.05) is 11.6 Å². The number of pyridine rings is 1. The van der Waals surface area contributed by atoms with Gasteiger partial charge < -0.3 is 10.1 Å².